The number of aliphatic carboxylic acids is 1. The molecule has 1 aliphatic heterocycles. The number of nitrogens with one attached hydrogen (secondary N) is 1. The van der Waals surface area contributed by atoms with Gasteiger partial charge in [0.05, 0.1) is 12.7 Å². The van der Waals surface area contributed by atoms with Gasteiger partial charge in [0.15, 0.2) is 0 Å². The molecular formula is C25H25F3N2O2. The topological polar surface area (TPSA) is 56.3 Å². The molecule has 1 aliphatic rings. The first-order chi connectivity index (χ1) is 15.3. The number of carbonyl (C=O) groups is 1. The number of H-pyrrole nitrogens is 1. The zero-order valence-corrected chi connectivity index (χ0v) is 17.9. The maximum atomic E-state index is 15.4. The lowest BCUT2D eigenvalue weighted by Gasteiger charge is -2.42. The second kappa shape index (κ2) is 8.82. The van der Waals surface area contributed by atoms with Gasteiger partial charge in [0.25, 0.3) is 0 Å². The number of aromatic nitrogens is 1. The lowest BCUT2D eigenvalue weighted by Crippen LogP contribution is -2.45. The number of halogens is 3. The van der Waals surface area contributed by atoms with Crippen molar-refractivity contribution in [2.24, 2.45) is 5.92 Å². The van der Waals surface area contributed by atoms with Crippen molar-refractivity contribution in [2.45, 2.75) is 32.4 Å². The van der Waals surface area contributed by atoms with Gasteiger partial charge in [0, 0.05) is 40.8 Å². The molecule has 0 unspecified atom stereocenters. The molecule has 168 valence electrons. The average molecular weight is 442 g/mol. The van der Waals surface area contributed by atoms with Crippen molar-refractivity contribution in [2.75, 3.05) is 13.2 Å². The minimum Gasteiger partial charge on any atom is -0.478 e. The van der Waals surface area contributed by atoms with E-state index >= 15 is 8.78 Å². The normalized spacial score (nSPS) is 20.0. The Morgan fingerprint density at radius 3 is 2.62 bits per heavy atom. The van der Waals surface area contributed by atoms with Gasteiger partial charge < -0.3 is 10.1 Å². The molecule has 0 spiro atoms. The molecule has 1 aromatic heterocycles. The first-order valence-corrected chi connectivity index (χ1v) is 10.6. The summed E-state index contributed by atoms with van der Waals surface area (Å²) in [4.78, 5) is 16.1. The number of carboxylic acid groups (broad SMARTS) is 1. The smallest absolute Gasteiger partial charge is 0.328 e. The van der Waals surface area contributed by atoms with Gasteiger partial charge >= 0.3 is 5.97 Å². The number of fused-ring (bicyclic) bond motifs is 3. The first-order valence-electron chi connectivity index (χ1n) is 10.6. The summed E-state index contributed by atoms with van der Waals surface area (Å²) in [6, 6.07) is 9.19. The van der Waals surface area contributed by atoms with Crippen LogP contribution in [0, 0.1) is 17.6 Å². The van der Waals surface area contributed by atoms with E-state index in [4.69, 9.17) is 5.11 Å². The van der Waals surface area contributed by atoms with E-state index in [1.165, 1.54) is 0 Å². The Bertz CT molecular complexity index is 1160. The number of aromatic amines is 1. The van der Waals surface area contributed by atoms with Crippen molar-refractivity contribution in [3.05, 3.63) is 76.5 Å². The quantitative estimate of drug-likeness (QED) is 0.497. The maximum Gasteiger partial charge on any atom is 0.328 e. The molecule has 0 saturated heterocycles. The number of benzene rings is 2. The van der Waals surface area contributed by atoms with E-state index in [2.05, 4.69) is 4.98 Å². The molecule has 0 aliphatic carbocycles. The van der Waals surface area contributed by atoms with Crippen molar-refractivity contribution in [3.8, 4) is 0 Å². The summed E-state index contributed by atoms with van der Waals surface area (Å²) in [5.41, 5.74) is 2.60. The minimum atomic E-state index is -1.20. The van der Waals surface area contributed by atoms with Gasteiger partial charge in [-0.2, -0.15) is 0 Å². The van der Waals surface area contributed by atoms with Crippen LogP contribution in [-0.2, 0) is 11.2 Å². The van der Waals surface area contributed by atoms with Crippen LogP contribution in [0.3, 0.4) is 0 Å². The van der Waals surface area contributed by atoms with E-state index in [1.54, 1.807) is 6.92 Å². The Kier molecular flexibility index (Phi) is 6.11. The fourth-order valence-electron chi connectivity index (χ4n) is 4.64. The third-order valence-corrected chi connectivity index (χ3v) is 6.10. The van der Waals surface area contributed by atoms with E-state index in [-0.39, 0.29) is 23.1 Å². The summed E-state index contributed by atoms with van der Waals surface area (Å²) in [6.07, 6.45) is 2.66. The molecule has 2 N–H and O–H groups in total. The third-order valence-electron chi connectivity index (χ3n) is 6.10. The Morgan fingerprint density at radius 1 is 1.28 bits per heavy atom. The van der Waals surface area contributed by atoms with Crippen LogP contribution < -0.4 is 0 Å². The number of hydrogen-bond donors (Lipinski definition) is 2. The molecule has 3 atom stereocenters. The number of carboxylic acids is 1. The predicted octanol–water partition coefficient (Wildman–Crippen LogP) is 5.49. The summed E-state index contributed by atoms with van der Waals surface area (Å²) in [5.74, 6) is -3.03. The van der Waals surface area contributed by atoms with Gasteiger partial charge in [-0.25, -0.2) is 13.6 Å². The summed E-state index contributed by atoms with van der Waals surface area (Å²) in [7, 11) is 0. The molecular weight excluding hydrogens is 417 g/mol. The Balaban J connectivity index is 1.89. The van der Waals surface area contributed by atoms with Gasteiger partial charge in [-0.05, 0) is 54.7 Å². The largest absolute Gasteiger partial charge is 0.478 e. The monoisotopic (exact) mass is 442 g/mol. The fourth-order valence-corrected chi connectivity index (χ4v) is 4.64. The Morgan fingerprint density at radius 2 is 1.97 bits per heavy atom. The molecule has 0 bridgehead atoms. The highest BCUT2D eigenvalue weighted by Gasteiger charge is 2.39. The van der Waals surface area contributed by atoms with E-state index in [0.717, 1.165) is 40.8 Å². The Labute approximate surface area is 184 Å². The van der Waals surface area contributed by atoms with Crippen LogP contribution in [0.2, 0.25) is 0 Å². The molecule has 4 rings (SSSR count). The maximum absolute atomic E-state index is 15.4. The lowest BCUT2D eigenvalue weighted by molar-refractivity contribution is -0.131. The highest BCUT2D eigenvalue weighted by Crippen LogP contribution is 2.42. The number of rotatable bonds is 6. The summed E-state index contributed by atoms with van der Waals surface area (Å²) >= 11 is 0. The van der Waals surface area contributed by atoms with Crippen molar-refractivity contribution >= 4 is 22.9 Å². The Hall–Kier alpha value is -3.06. The van der Waals surface area contributed by atoms with Crippen molar-refractivity contribution in [1.82, 2.24) is 9.88 Å². The second-order valence-corrected chi connectivity index (χ2v) is 8.54. The van der Waals surface area contributed by atoms with Crippen LogP contribution in [0.1, 0.15) is 42.3 Å². The molecule has 3 aromatic rings. The highest BCUT2D eigenvalue weighted by molar-refractivity contribution is 5.86. The molecule has 7 heteroatoms. The summed E-state index contributed by atoms with van der Waals surface area (Å²) < 4.78 is 44.1. The molecule has 0 fully saturated rings. The molecule has 2 aromatic carbocycles. The van der Waals surface area contributed by atoms with Gasteiger partial charge in [-0.15, -0.1) is 0 Å². The minimum absolute atomic E-state index is 0.0638. The first kappa shape index (κ1) is 22.1. The number of para-hydroxylation sites is 1. The standard InChI is InChI=1S/C25H25F3N2O2/c1-14(12-26)13-30-15(2)9-18-17-5-3-4-6-21(17)29-24(18)25(30)23-19(27)10-16(11-20(23)28)7-8-22(31)32/h3-8,10-11,14-15,25,29H,9,12-13H2,1-2H3,(H,31,32)/t14-,15-,25-/m1/s1. The number of nitrogens with zero attached hydrogens (tertiary/aromatic N) is 1. The molecule has 2 heterocycles. The average Bonchev–Trinajstić information content (AvgIpc) is 3.11. The van der Waals surface area contributed by atoms with Crippen LogP contribution in [0.5, 0.6) is 0 Å². The van der Waals surface area contributed by atoms with Gasteiger partial charge in [-0.1, -0.05) is 25.1 Å². The van der Waals surface area contributed by atoms with Crippen LogP contribution in [0.15, 0.2) is 42.5 Å². The van der Waals surface area contributed by atoms with Crippen LogP contribution >= 0.6 is 0 Å². The van der Waals surface area contributed by atoms with E-state index < -0.39 is 30.3 Å². The van der Waals surface area contributed by atoms with E-state index in [9.17, 15) is 9.18 Å². The predicted molar refractivity (Wildman–Crippen MR) is 118 cm³/mol. The molecule has 0 radical (unpaired) electrons. The van der Waals surface area contributed by atoms with E-state index in [1.807, 2.05) is 36.1 Å². The fraction of sp³-hybridized carbons (Fsp3) is 0.320. The van der Waals surface area contributed by atoms with Crippen molar-refractivity contribution in [1.29, 1.82) is 0 Å². The van der Waals surface area contributed by atoms with Crippen LogP contribution in [-0.4, -0.2) is 40.2 Å². The zero-order valence-electron chi connectivity index (χ0n) is 17.9. The van der Waals surface area contributed by atoms with Crippen LogP contribution in [0.4, 0.5) is 13.2 Å². The van der Waals surface area contributed by atoms with Gasteiger partial charge in [0.2, 0.25) is 0 Å². The number of hydrogen-bond acceptors (Lipinski definition) is 2. The van der Waals surface area contributed by atoms with Crippen LogP contribution in [0.25, 0.3) is 17.0 Å². The highest BCUT2D eigenvalue weighted by atomic mass is 19.1. The molecule has 0 saturated carbocycles. The second-order valence-electron chi connectivity index (χ2n) is 8.54. The zero-order chi connectivity index (χ0) is 23.0. The SMILES string of the molecule is C[C@H](CF)CN1[C@H](c2c(F)cc(C=CC(=O)O)cc2F)c2[nH]c3ccccc3c2C[C@H]1C. The summed E-state index contributed by atoms with van der Waals surface area (Å²) in [6.45, 7) is 3.58. The number of alkyl halides is 1. The van der Waals surface area contributed by atoms with Crippen molar-refractivity contribution < 1.29 is 23.1 Å². The molecule has 0 amide bonds. The summed E-state index contributed by atoms with van der Waals surface area (Å²) in [5, 5.41) is 9.82. The van der Waals surface area contributed by atoms with Gasteiger partial charge in [-0.3, -0.25) is 9.29 Å². The molecule has 4 nitrogen and oxygen atoms in total. The van der Waals surface area contributed by atoms with E-state index in [0.29, 0.717) is 18.7 Å². The van der Waals surface area contributed by atoms with Gasteiger partial charge in [0.1, 0.15) is 11.6 Å². The lowest BCUT2D eigenvalue weighted by atomic mass is 9.87. The third kappa shape index (κ3) is 4.05. The molecule has 32 heavy (non-hydrogen) atoms. The van der Waals surface area contributed by atoms with Crippen molar-refractivity contribution in [3.63, 3.8) is 0 Å².